The van der Waals surface area contributed by atoms with Gasteiger partial charge in [0.1, 0.15) is 17.1 Å². The molecule has 3 rings (SSSR count). The van der Waals surface area contributed by atoms with Gasteiger partial charge in [0.15, 0.2) is 5.96 Å². The SMILES string of the molecule is CN1C(=O)C(C)(C)C(C)(c2cc(NC(=O)c3ccc(C(F)(F)F)cn3)ccc2F)N=C1N. The molecule has 0 radical (unpaired) electrons. The summed E-state index contributed by atoms with van der Waals surface area (Å²) in [7, 11) is 1.46. The first-order valence-corrected chi connectivity index (χ1v) is 9.46. The predicted molar refractivity (Wildman–Crippen MR) is 109 cm³/mol. The number of nitrogens with zero attached hydrogens (tertiary/aromatic N) is 3. The lowest BCUT2D eigenvalue weighted by Crippen LogP contribution is -2.58. The van der Waals surface area contributed by atoms with Gasteiger partial charge in [-0.1, -0.05) is 0 Å². The molecular weight excluding hydrogens is 430 g/mol. The molecule has 0 aliphatic carbocycles. The molecule has 1 aromatic heterocycles. The van der Waals surface area contributed by atoms with E-state index < -0.39 is 34.4 Å². The summed E-state index contributed by atoms with van der Waals surface area (Å²) in [6, 6.07) is 5.37. The third kappa shape index (κ3) is 3.78. The van der Waals surface area contributed by atoms with E-state index >= 15 is 0 Å². The van der Waals surface area contributed by atoms with Crippen molar-refractivity contribution in [1.82, 2.24) is 9.88 Å². The number of anilines is 1. The van der Waals surface area contributed by atoms with Crippen molar-refractivity contribution in [2.75, 3.05) is 12.4 Å². The monoisotopic (exact) mass is 451 g/mol. The van der Waals surface area contributed by atoms with Crippen molar-refractivity contribution in [2.45, 2.75) is 32.5 Å². The zero-order valence-corrected chi connectivity index (χ0v) is 17.7. The molecule has 2 amide bonds. The van der Waals surface area contributed by atoms with Gasteiger partial charge >= 0.3 is 6.18 Å². The van der Waals surface area contributed by atoms with Crippen molar-refractivity contribution in [3.63, 3.8) is 0 Å². The maximum absolute atomic E-state index is 14.8. The number of hydrogen-bond donors (Lipinski definition) is 2. The Morgan fingerprint density at radius 2 is 1.81 bits per heavy atom. The number of carbonyl (C=O) groups is 2. The van der Waals surface area contributed by atoms with Crippen LogP contribution in [0.3, 0.4) is 0 Å². The van der Waals surface area contributed by atoms with E-state index in [1.54, 1.807) is 20.8 Å². The van der Waals surface area contributed by atoms with Crippen molar-refractivity contribution in [3.8, 4) is 0 Å². The molecule has 1 aliphatic heterocycles. The van der Waals surface area contributed by atoms with E-state index in [0.717, 1.165) is 18.2 Å². The van der Waals surface area contributed by atoms with E-state index in [4.69, 9.17) is 5.73 Å². The number of benzene rings is 1. The number of nitrogens with two attached hydrogens (primary N) is 1. The molecule has 1 aliphatic rings. The third-order valence-corrected chi connectivity index (χ3v) is 5.81. The zero-order chi connectivity index (χ0) is 24.1. The molecule has 3 N–H and O–H groups in total. The molecule has 1 unspecified atom stereocenters. The van der Waals surface area contributed by atoms with E-state index in [0.29, 0.717) is 6.20 Å². The summed E-state index contributed by atoms with van der Waals surface area (Å²) in [4.78, 5) is 34.3. The predicted octanol–water partition coefficient (Wildman–Crippen LogP) is 3.52. The number of aromatic nitrogens is 1. The highest BCUT2D eigenvalue weighted by Gasteiger charge is 2.53. The average Bonchev–Trinajstić information content (AvgIpc) is 2.72. The highest BCUT2D eigenvalue weighted by Crippen LogP contribution is 2.47. The molecule has 1 atom stereocenters. The topological polar surface area (TPSA) is 101 Å². The molecule has 0 bridgehead atoms. The van der Waals surface area contributed by atoms with E-state index in [9.17, 15) is 27.2 Å². The van der Waals surface area contributed by atoms with Gasteiger partial charge in [0.25, 0.3) is 5.91 Å². The van der Waals surface area contributed by atoms with Crippen molar-refractivity contribution >= 4 is 23.5 Å². The molecular formula is C21H21F4N5O2. The minimum absolute atomic E-state index is 0.0186. The summed E-state index contributed by atoms with van der Waals surface area (Å²) in [5, 5.41) is 2.47. The molecule has 0 fully saturated rings. The van der Waals surface area contributed by atoms with Gasteiger partial charge < -0.3 is 11.1 Å². The molecule has 0 spiro atoms. The zero-order valence-electron chi connectivity index (χ0n) is 17.7. The molecule has 0 saturated carbocycles. The van der Waals surface area contributed by atoms with Gasteiger partial charge in [0, 0.05) is 24.5 Å². The number of hydrogen-bond acceptors (Lipinski definition) is 5. The van der Waals surface area contributed by atoms with Crippen LogP contribution in [-0.4, -0.2) is 34.7 Å². The van der Waals surface area contributed by atoms with Crippen molar-refractivity contribution < 1.29 is 27.2 Å². The number of rotatable bonds is 3. The fourth-order valence-electron chi connectivity index (χ4n) is 3.44. The first-order valence-electron chi connectivity index (χ1n) is 9.46. The number of guanidine groups is 1. The van der Waals surface area contributed by atoms with Crippen molar-refractivity contribution in [1.29, 1.82) is 0 Å². The van der Waals surface area contributed by atoms with Gasteiger partial charge in [-0.05, 0) is 51.1 Å². The number of nitrogens with one attached hydrogen (secondary N) is 1. The Kier molecular flexibility index (Phi) is 5.48. The lowest BCUT2D eigenvalue weighted by atomic mass is 9.67. The molecule has 2 aromatic rings. The number of amides is 2. The number of alkyl halides is 3. The fourth-order valence-corrected chi connectivity index (χ4v) is 3.44. The van der Waals surface area contributed by atoms with Crippen LogP contribution in [0.4, 0.5) is 23.2 Å². The van der Waals surface area contributed by atoms with Gasteiger partial charge in [0.2, 0.25) is 5.91 Å². The number of pyridine rings is 1. The van der Waals surface area contributed by atoms with Crippen LogP contribution in [0.5, 0.6) is 0 Å². The normalized spacial score (nSPS) is 20.7. The van der Waals surface area contributed by atoms with Crippen LogP contribution in [0.2, 0.25) is 0 Å². The largest absolute Gasteiger partial charge is 0.417 e. The first kappa shape index (κ1) is 23.2. The van der Waals surface area contributed by atoms with E-state index in [2.05, 4.69) is 15.3 Å². The van der Waals surface area contributed by atoms with Gasteiger partial charge in [-0.2, -0.15) is 13.2 Å². The van der Waals surface area contributed by atoms with E-state index in [1.165, 1.54) is 24.1 Å². The second-order valence-electron chi connectivity index (χ2n) is 8.11. The minimum atomic E-state index is -4.58. The second kappa shape index (κ2) is 7.57. The van der Waals surface area contributed by atoms with Gasteiger partial charge in [-0.3, -0.25) is 19.5 Å². The second-order valence-corrected chi connectivity index (χ2v) is 8.11. The lowest BCUT2D eigenvalue weighted by Gasteiger charge is -2.46. The Bertz CT molecular complexity index is 1110. The first-order chi connectivity index (χ1) is 14.7. The molecule has 11 heteroatoms. The molecule has 32 heavy (non-hydrogen) atoms. The van der Waals surface area contributed by atoms with Crippen LogP contribution >= 0.6 is 0 Å². The maximum Gasteiger partial charge on any atom is 0.417 e. The van der Waals surface area contributed by atoms with E-state index in [1.807, 2.05) is 0 Å². The van der Waals surface area contributed by atoms with Gasteiger partial charge in [-0.15, -0.1) is 0 Å². The molecule has 170 valence electrons. The standard InChI is InChI=1S/C21H21F4N5O2/c1-19(2)17(32)30(4)18(26)29-20(19,3)13-9-12(6-7-14(13)22)28-16(31)15-8-5-11(10-27-15)21(23,24)25/h5-10H,1-4H3,(H2,26,29)(H,28,31). The van der Waals surface area contributed by atoms with Crippen molar-refractivity contribution in [3.05, 3.63) is 59.2 Å². The molecule has 1 aromatic carbocycles. The number of carbonyl (C=O) groups excluding carboxylic acids is 2. The van der Waals surface area contributed by atoms with Crippen molar-refractivity contribution in [2.24, 2.45) is 16.1 Å². The smallest absolute Gasteiger partial charge is 0.369 e. The van der Waals surface area contributed by atoms with Crippen LogP contribution in [0.1, 0.15) is 42.4 Å². The summed E-state index contributed by atoms with van der Waals surface area (Å²) in [5.41, 5.74) is 2.21. The minimum Gasteiger partial charge on any atom is -0.369 e. The maximum atomic E-state index is 14.8. The summed E-state index contributed by atoms with van der Waals surface area (Å²) in [6.07, 6.45) is -4.03. The van der Waals surface area contributed by atoms with Crippen LogP contribution in [-0.2, 0) is 16.5 Å². The Labute approximate surface area is 181 Å². The summed E-state index contributed by atoms with van der Waals surface area (Å²) >= 11 is 0. The molecule has 2 heterocycles. The number of aliphatic imine (C=N–C) groups is 1. The summed E-state index contributed by atoms with van der Waals surface area (Å²) in [6.45, 7) is 4.78. The highest BCUT2D eigenvalue weighted by molar-refractivity contribution is 6.03. The Morgan fingerprint density at radius 1 is 1.16 bits per heavy atom. The Balaban J connectivity index is 1.96. The van der Waals surface area contributed by atoms with Crippen LogP contribution < -0.4 is 11.1 Å². The summed E-state index contributed by atoms with van der Waals surface area (Å²) < 4.78 is 52.9. The number of halogens is 4. The van der Waals surface area contributed by atoms with Gasteiger partial charge in [0.05, 0.1) is 11.0 Å². The Hall–Kier alpha value is -3.50. The van der Waals surface area contributed by atoms with Gasteiger partial charge in [-0.25, -0.2) is 9.38 Å². The van der Waals surface area contributed by atoms with E-state index in [-0.39, 0.29) is 28.8 Å². The lowest BCUT2D eigenvalue weighted by molar-refractivity contribution is -0.140. The fraction of sp³-hybridized carbons (Fsp3) is 0.333. The van der Waals surface area contributed by atoms with Crippen LogP contribution in [0, 0.1) is 11.2 Å². The molecule has 7 nitrogen and oxygen atoms in total. The highest BCUT2D eigenvalue weighted by atomic mass is 19.4. The Morgan fingerprint density at radius 3 is 2.38 bits per heavy atom. The molecule has 0 saturated heterocycles. The quantitative estimate of drug-likeness (QED) is 0.698. The third-order valence-electron chi connectivity index (χ3n) is 5.81. The summed E-state index contributed by atoms with van der Waals surface area (Å²) in [5.74, 6) is -1.90. The average molecular weight is 451 g/mol. The van der Waals surface area contributed by atoms with Crippen LogP contribution in [0.15, 0.2) is 41.5 Å². The van der Waals surface area contributed by atoms with Crippen LogP contribution in [0.25, 0.3) is 0 Å².